The summed E-state index contributed by atoms with van der Waals surface area (Å²) in [4.78, 5) is 23.9. The van der Waals surface area contributed by atoms with Gasteiger partial charge in [0.05, 0.1) is 11.7 Å². The molecule has 8 atom stereocenters. The third kappa shape index (κ3) is 2.29. The lowest BCUT2D eigenvalue weighted by Crippen LogP contribution is -2.68. The van der Waals surface area contributed by atoms with E-state index in [1.165, 1.54) is 6.92 Å². The lowest BCUT2D eigenvalue weighted by Gasteiger charge is -2.64. The van der Waals surface area contributed by atoms with Gasteiger partial charge in [-0.3, -0.25) is 9.59 Å². The minimum Gasteiger partial charge on any atom is -0.462 e. The molecule has 4 fully saturated rings. The molecule has 4 rings (SSSR count). The number of esters is 1. The highest BCUT2D eigenvalue weighted by atomic mass is 16.5. The SMILES string of the molecule is CC(=O)OC1CC[C@]2(C)C3CC[C@]4(C)C(=O)CCC4C3C[C@@H](O)[C@@]2(O)C1. The van der Waals surface area contributed by atoms with Crippen molar-refractivity contribution >= 4 is 11.8 Å². The lowest BCUT2D eigenvalue weighted by atomic mass is 9.43. The summed E-state index contributed by atoms with van der Waals surface area (Å²) in [6.07, 6.45) is 4.62. The lowest BCUT2D eigenvalue weighted by molar-refractivity contribution is -0.264. The number of rotatable bonds is 1. The highest BCUT2D eigenvalue weighted by molar-refractivity contribution is 5.87. The fourth-order valence-electron chi connectivity index (χ4n) is 7.35. The molecule has 146 valence electrons. The molecule has 0 bridgehead atoms. The molecule has 0 heterocycles. The van der Waals surface area contributed by atoms with E-state index in [0.717, 1.165) is 32.1 Å². The quantitative estimate of drug-likeness (QED) is 0.699. The summed E-state index contributed by atoms with van der Waals surface area (Å²) in [7, 11) is 0. The predicted molar refractivity (Wildman–Crippen MR) is 95.1 cm³/mol. The molecule has 0 aromatic heterocycles. The number of hydrogen-bond acceptors (Lipinski definition) is 5. The maximum Gasteiger partial charge on any atom is 0.302 e. The maximum absolute atomic E-state index is 12.5. The molecule has 0 amide bonds. The van der Waals surface area contributed by atoms with E-state index < -0.39 is 11.7 Å². The van der Waals surface area contributed by atoms with Crippen molar-refractivity contribution in [3.05, 3.63) is 0 Å². The first-order chi connectivity index (χ1) is 12.1. The van der Waals surface area contributed by atoms with Gasteiger partial charge >= 0.3 is 5.97 Å². The van der Waals surface area contributed by atoms with Crippen molar-refractivity contribution in [1.29, 1.82) is 0 Å². The summed E-state index contributed by atoms with van der Waals surface area (Å²) in [5.41, 5.74) is -1.84. The molecule has 0 aromatic carbocycles. The van der Waals surface area contributed by atoms with Crippen LogP contribution in [0.1, 0.15) is 72.1 Å². The van der Waals surface area contributed by atoms with Crippen LogP contribution in [-0.2, 0) is 14.3 Å². The van der Waals surface area contributed by atoms with Crippen LogP contribution in [0.3, 0.4) is 0 Å². The van der Waals surface area contributed by atoms with E-state index in [-0.39, 0.29) is 22.9 Å². The van der Waals surface area contributed by atoms with Gasteiger partial charge in [0.2, 0.25) is 0 Å². The second-order valence-corrected chi connectivity index (χ2v) is 9.86. The van der Waals surface area contributed by atoms with Crippen LogP contribution in [0.2, 0.25) is 0 Å². The number of hydrogen-bond donors (Lipinski definition) is 2. The van der Waals surface area contributed by atoms with Gasteiger partial charge in [0.1, 0.15) is 11.9 Å². The summed E-state index contributed by atoms with van der Waals surface area (Å²) >= 11 is 0. The van der Waals surface area contributed by atoms with Gasteiger partial charge in [-0.2, -0.15) is 0 Å². The fourth-order valence-corrected chi connectivity index (χ4v) is 7.35. The zero-order valence-corrected chi connectivity index (χ0v) is 16.2. The second-order valence-electron chi connectivity index (χ2n) is 9.86. The Morgan fingerprint density at radius 3 is 2.58 bits per heavy atom. The van der Waals surface area contributed by atoms with E-state index in [9.17, 15) is 19.8 Å². The molecule has 0 radical (unpaired) electrons. The van der Waals surface area contributed by atoms with Gasteiger partial charge in [0, 0.05) is 30.6 Å². The highest BCUT2D eigenvalue weighted by Crippen LogP contribution is 2.66. The highest BCUT2D eigenvalue weighted by Gasteiger charge is 2.67. The van der Waals surface area contributed by atoms with Gasteiger partial charge in [-0.25, -0.2) is 0 Å². The minimum atomic E-state index is -1.22. The molecule has 2 N–H and O–H groups in total. The molecular formula is C21H32O5. The molecular weight excluding hydrogens is 332 g/mol. The summed E-state index contributed by atoms with van der Waals surface area (Å²) in [6, 6.07) is 0. The normalized spacial score (nSPS) is 53.4. The number of aliphatic hydroxyl groups excluding tert-OH is 1. The van der Waals surface area contributed by atoms with Crippen molar-refractivity contribution in [3.63, 3.8) is 0 Å². The standard InChI is InChI=1S/C21H32O5/c1-12(22)26-13-6-9-20(3)16-7-8-19(2)15(4-5-17(19)23)14(16)10-18(24)21(20,25)11-13/h13-16,18,24-25H,4-11H2,1-3H3/t13?,14?,15?,16?,18-,19+,20-,21+/m1/s1. The fraction of sp³-hybridized carbons (Fsp3) is 0.905. The Morgan fingerprint density at radius 1 is 1.15 bits per heavy atom. The molecule has 5 heteroatoms. The van der Waals surface area contributed by atoms with E-state index in [1.807, 2.05) is 0 Å². The first-order valence-corrected chi connectivity index (χ1v) is 10.2. The van der Waals surface area contributed by atoms with Crippen LogP contribution in [0.15, 0.2) is 0 Å². The van der Waals surface area contributed by atoms with E-state index in [4.69, 9.17) is 4.74 Å². The smallest absolute Gasteiger partial charge is 0.302 e. The van der Waals surface area contributed by atoms with E-state index in [1.54, 1.807) is 0 Å². The third-order valence-corrected chi connectivity index (χ3v) is 8.86. The van der Waals surface area contributed by atoms with Crippen LogP contribution >= 0.6 is 0 Å². The summed E-state index contributed by atoms with van der Waals surface area (Å²) in [6.45, 7) is 5.64. The largest absolute Gasteiger partial charge is 0.462 e. The second kappa shape index (κ2) is 5.78. The Kier molecular flexibility index (Phi) is 4.09. The Hall–Kier alpha value is -0.940. The molecule has 4 aliphatic carbocycles. The van der Waals surface area contributed by atoms with Gasteiger partial charge in [-0.05, 0) is 56.3 Å². The average molecular weight is 364 g/mol. The van der Waals surface area contributed by atoms with Crippen molar-refractivity contribution in [3.8, 4) is 0 Å². The van der Waals surface area contributed by atoms with Crippen LogP contribution in [0.25, 0.3) is 0 Å². The zero-order valence-electron chi connectivity index (χ0n) is 16.2. The number of carbonyl (C=O) groups excluding carboxylic acids is 2. The van der Waals surface area contributed by atoms with Crippen molar-refractivity contribution in [2.75, 3.05) is 0 Å². The maximum atomic E-state index is 12.5. The van der Waals surface area contributed by atoms with Gasteiger partial charge in [-0.15, -0.1) is 0 Å². The Balaban J connectivity index is 1.65. The first-order valence-electron chi connectivity index (χ1n) is 10.2. The van der Waals surface area contributed by atoms with E-state index >= 15 is 0 Å². The summed E-state index contributed by atoms with van der Waals surface area (Å²) in [5, 5.41) is 22.6. The van der Waals surface area contributed by atoms with Crippen LogP contribution in [0, 0.1) is 28.6 Å². The molecule has 5 nitrogen and oxygen atoms in total. The van der Waals surface area contributed by atoms with Crippen molar-refractivity contribution < 1.29 is 24.5 Å². The van der Waals surface area contributed by atoms with Crippen LogP contribution in [0.4, 0.5) is 0 Å². The number of aliphatic hydroxyl groups is 2. The van der Waals surface area contributed by atoms with Crippen LogP contribution in [-0.4, -0.2) is 39.8 Å². The minimum absolute atomic E-state index is 0.234. The van der Waals surface area contributed by atoms with Crippen LogP contribution < -0.4 is 0 Å². The molecule has 4 unspecified atom stereocenters. The van der Waals surface area contributed by atoms with Gasteiger partial charge in [-0.1, -0.05) is 13.8 Å². The Labute approximate surface area is 155 Å². The Bertz CT molecular complexity index is 632. The van der Waals surface area contributed by atoms with Gasteiger partial charge in [0.15, 0.2) is 0 Å². The number of carbonyl (C=O) groups is 2. The molecule has 0 aliphatic heterocycles. The molecule has 4 saturated carbocycles. The zero-order chi connectivity index (χ0) is 18.9. The van der Waals surface area contributed by atoms with Crippen molar-refractivity contribution in [2.45, 2.75) is 89.9 Å². The molecule has 4 aliphatic rings. The number of ketones is 1. The van der Waals surface area contributed by atoms with E-state index in [2.05, 4.69) is 13.8 Å². The average Bonchev–Trinajstić information content (AvgIpc) is 2.86. The van der Waals surface area contributed by atoms with E-state index in [0.29, 0.717) is 42.8 Å². The molecule has 26 heavy (non-hydrogen) atoms. The van der Waals surface area contributed by atoms with Crippen LogP contribution in [0.5, 0.6) is 0 Å². The number of Topliss-reactive ketones (excluding diaryl/α,β-unsaturated/α-hetero) is 1. The summed E-state index contributed by atoms with van der Waals surface area (Å²) in [5.74, 6) is 1.00. The predicted octanol–water partition coefficient (Wildman–Crippen LogP) is 2.62. The van der Waals surface area contributed by atoms with Crippen molar-refractivity contribution in [2.24, 2.45) is 28.6 Å². The number of fused-ring (bicyclic) bond motifs is 5. The summed E-state index contributed by atoms with van der Waals surface area (Å²) < 4.78 is 5.38. The molecule has 0 spiro atoms. The van der Waals surface area contributed by atoms with Gasteiger partial charge in [0.25, 0.3) is 0 Å². The first kappa shape index (κ1) is 18.4. The number of ether oxygens (including phenoxy) is 1. The molecule has 0 aromatic rings. The van der Waals surface area contributed by atoms with Gasteiger partial charge < -0.3 is 14.9 Å². The monoisotopic (exact) mass is 364 g/mol. The topological polar surface area (TPSA) is 83.8 Å². The van der Waals surface area contributed by atoms with Crippen molar-refractivity contribution in [1.82, 2.24) is 0 Å². The molecule has 0 saturated heterocycles. The third-order valence-electron chi connectivity index (χ3n) is 8.86. The Morgan fingerprint density at radius 2 is 1.88 bits per heavy atom.